The van der Waals surface area contributed by atoms with Gasteiger partial charge in [0.15, 0.2) is 24.7 Å². The van der Waals surface area contributed by atoms with Crippen molar-refractivity contribution >= 4 is 29.9 Å². The third-order valence-electron chi connectivity index (χ3n) is 5.78. The van der Waals surface area contributed by atoms with Crippen LogP contribution in [-0.2, 0) is 19.1 Å². The summed E-state index contributed by atoms with van der Waals surface area (Å²) in [5, 5.41) is 3.37. The number of nitrogens with one attached hydrogen (secondary N) is 2. The zero-order valence-electron chi connectivity index (χ0n) is 19.0. The maximum absolute atomic E-state index is 12.7. The van der Waals surface area contributed by atoms with Gasteiger partial charge in [-0.3, -0.25) is 15.0 Å². The predicted octanol–water partition coefficient (Wildman–Crippen LogP) is 2.18. The number of hydrogen-bond acceptors (Lipinski definition) is 7. The largest absolute Gasteiger partial charge is 0.493 e. The highest BCUT2D eigenvalue weighted by Crippen LogP contribution is 2.35. The number of urea groups is 1. The number of rotatable bonds is 8. The lowest BCUT2D eigenvalue weighted by Gasteiger charge is -2.33. The lowest BCUT2D eigenvalue weighted by atomic mass is 9.77. The summed E-state index contributed by atoms with van der Waals surface area (Å²) >= 11 is 0. The van der Waals surface area contributed by atoms with E-state index in [0.717, 1.165) is 18.4 Å². The maximum Gasteiger partial charge on any atom is 0.344 e. The molecule has 2 N–H and O–H groups in total. The molecule has 10 heteroatoms. The van der Waals surface area contributed by atoms with E-state index < -0.39 is 42.6 Å². The molecule has 1 saturated heterocycles. The number of carbonyl (C=O) groups is 4. The number of methoxy groups -OCH3 is 1. The van der Waals surface area contributed by atoms with Crippen LogP contribution in [0.15, 0.2) is 24.3 Å². The monoisotopic (exact) mass is 459 g/mol. The zero-order valence-corrected chi connectivity index (χ0v) is 19.0. The molecule has 0 aromatic heterocycles. The standard InChI is InChI=1S/C23H29N3O7/c1-4-5-16-6-7-17(18(12-16)31-3)32-14-20(28)33-13-19(27)25-26-21(29)23(24-22(26)30)10-8-15(2)9-11-23/h4-7,12,15H,8-11,13-14H2,1-3H3,(H,24,30)(H,25,27)/b5-4+. The summed E-state index contributed by atoms with van der Waals surface area (Å²) in [6.07, 6.45) is 6.45. The van der Waals surface area contributed by atoms with Crippen molar-refractivity contribution in [2.45, 2.75) is 45.1 Å². The fourth-order valence-corrected chi connectivity index (χ4v) is 3.90. The molecule has 1 heterocycles. The van der Waals surface area contributed by atoms with Crippen LogP contribution in [0.1, 0.15) is 45.1 Å². The van der Waals surface area contributed by atoms with Crippen molar-refractivity contribution < 1.29 is 33.4 Å². The van der Waals surface area contributed by atoms with Gasteiger partial charge in [-0.1, -0.05) is 25.1 Å². The molecular weight excluding hydrogens is 430 g/mol. The summed E-state index contributed by atoms with van der Waals surface area (Å²) < 4.78 is 15.6. The van der Waals surface area contributed by atoms with Crippen LogP contribution in [0, 0.1) is 5.92 Å². The van der Waals surface area contributed by atoms with Crippen LogP contribution >= 0.6 is 0 Å². The minimum absolute atomic E-state index is 0.346. The first-order valence-corrected chi connectivity index (χ1v) is 10.8. The van der Waals surface area contributed by atoms with Crippen LogP contribution in [0.3, 0.4) is 0 Å². The molecule has 1 spiro atoms. The first kappa shape index (κ1) is 24.1. The number of nitrogens with zero attached hydrogens (tertiary/aromatic N) is 1. The summed E-state index contributed by atoms with van der Waals surface area (Å²) in [5.41, 5.74) is 2.15. The number of imide groups is 1. The second-order valence-electron chi connectivity index (χ2n) is 8.23. The molecule has 0 bridgehead atoms. The second kappa shape index (κ2) is 10.4. The van der Waals surface area contributed by atoms with Crippen molar-refractivity contribution in [2.24, 2.45) is 5.92 Å². The van der Waals surface area contributed by atoms with Gasteiger partial charge in [0.1, 0.15) is 5.54 Å². The van der Waals surface area contributed by atoms with Gasteiger partial charge in [0.05, 0.1) is 7.11 Å². The van der Waals surface area contributed by atoms with Gasteiger partial charge < -0.3 is 19.5 Å². The number of esters is 1. The lowest BCUT2D eigenvalue weighted by Crippen LogP contribution is -2.52. The molecule has 2 aliphatic rings. The fraction of sp³-hybridized carbons (Fsp3) is 0.478. The van der Waals surface area contributed by atoms with Gasteiger partial charge in [-0.2, -0.15) is 5.01 Å². The summed E-state index contributed by atoms with van der Waals surface area (Å²) in [5.74, 6) is -0.812. The van der Waals surface area contributed by atoms with Gasteiger partial charge >= 0.3 is 12.0 Å². The van der Waals surface area contributed by atoms with E-state index in [9.17, 15) is 19.2 Å². The number of allylic oxidation sites excluding steroid dienone is 1. The summed E-state index contributed by atoms with van der Waals surface area (Å²) in [4.78, 5) is 49.1. The summed E-state index contributed by atoms with van der Waals surface area (Å²) in [6, 6.07) is 4.53. The number of amides is 4. The average molecular weight is 459 g/mol. The smallest absolute Gasteiger partial charge is 0.344 e. The molecule has 3 rings (SSSR count). The van der Waals surface area contributed by atoms with Crippen molar-refractivity contribution in [1.29, 1.82) is 0 Å². The van der Waals surface area contributed by atoms with Crippen LogP contribution in [0.25, 0.3) is 6.08 Å². The van der Waals surface area contributed by atoms with E-state index in [0.29, 0.717) is 35.3 Å². The van der Waals surface area contributed by atoms with Crippen LogP contribution in [-0.4, -0.2) is 54.7 Å². The third kappa shape index (κ3) is 5.63. The van der Waals surface area contributed by atoms with Crippen molar-refractivity contribution in [2.75, 3.05) is 20.3 Å². The second-order valence-corrected chi connectivity index (χ2v) is 8.23. The van der Waals surface area contributed by atoms with Gasteiger partial charge in [0.25, 0.3) is 11.8 Å². The Kier molecular flexibility index (Phi) is 7.57. The summed E-state index contributed by atoms with van der Waals surface area (Å²) in [6.45, 7) is 2.88. The Balaban J connectivity index is 1.47. The highest BCUT2D eigenvalue weighted by molar-refractivity contribution is 6.08. The molecule has 1 saturated carbocycles. The molecular formula is C23H29N3O7. The topological polar surface area (TPSA) is 123 Å². The highest BCUT2D eigenvalue weighted by atomic mass is 16.6. The van der Waals surface area contributed by atoms with E-state index in [1.165, 1.54) is 7.11 Å². The van der Waals surface area contributed by atoms with E-state index in [2.05, 4.69) is 17.7 Å². The zero-order chi connectivity index (χ0) is 24.0. The Labute approximate surface area is 192 Å². The molecule has 1 aromatic carbocycles. The maximum atomic E-state index is 12.7. The van der Waals surface area contributed by atoms with E-state index in [1.807, 2.05) is 19.1 Å². The fourth-order valence-electron chi connectivity index (χ4n) is 3.90. The number of hydrazine groups is 1. The molecule has 178 valence electrons. The van der Waals surface area contributed by atoms with Gasteiger partial charge in [0, 0.05) is 0 Å². The molecule has 1 aliphatic carbocycles. The number of benzene rings is 1. The van der Waals surface area contributed by atoms with E-state index in [-0.39, 0.29) is 0 Å². The quantitative estimate of drug-likeness (QED) is 0.451. The van der Waals surface area contributed by atoms with Crippen LogP contribution in [0.4, 0.5) is 4.79 Å². The first-order valence-electron chi connectivity index (χ1n) is 10.8. The Morgan fingerprint density at radius 2 is 1.94 bits per heavy atom. The minimum atomic E-state index is -0.969. The van der Waals surface area contributed by atoms with Crippen molar-refractivity contribution in [3.63, 3.8) is 0 Å². The Morgan fingerprint density at radius 1 is 1.21 bits per heavy atom. The predicted molar refractivity (Wildman–Crippen MR) is 118 cm³/mol. The minimum Gasteiger partial charge on any atom is -0.493 e. The molecule has 0 unspecified atom stereocenters. The van der Waals surface area contributed by atoms with Crippen LogP contribution in [0.2, 0.25) is 0 Å². The van der Waals surface area contributed by atoms with Crippen molar-refractivity contribution in [3.05, 3.63) is 29.8 Å². The SMILES string of the molecule is C/C=C/c1ccc(OCC(=O)OCC(=O)NN2C(=O)NC3(CCC(C)CC3)C2=O)c(OC)c1. The van der Waals surface area contributed by atoms with E-state index in [4.69, 9.17) is 14.2 Å². The molecule has 33 heavy (non-hydrogen) atoms. The lowest BCUT2D eigenvalue weighted by molar-refractivity contribution is -0.152. The molecule has 10 nitrogen and oxygen atoms in total. The molecule has 0 atom stereocenters. The molecule has 2 fully saturated rings. The summed E-state index contributed by atoms with van der Waals surface area (Å²) in [7, 11) is 1.48. The molecule has 1 aromatic rings. The molecule has 4 amide bonds. The van der Waals surface area contributed by atoms with E-state index >= 15 is 0 Å². The number of hydrogen-bond donors (Lipinski definition) is 2. The Morgan fingerprint density at radius 3 is 2.61 bits per heavy atom. The van der Waals surface area contributed by atoms with Gasteiger partial charge in [-0.05, 0) is 56.2 Å². The van der Waals surface area contributed by atoms with Gasteiger partial charge in [-0.15, -0.1) is 0 Å². The molecule has 0 radical (unpaired) electrons. The van der Waals surface area contributed by atoms with Crippen molar-refractivity contribution in [1.82, 2.24) is 15.8 Å². The Hall–Kier alpha value is -3.56. The van der Waals surface area contributed by atoms with Gasteiger partial charge in [-0.25, -0.2) is 9.59 Å². The normalized spacial score (nSPS) is 22.4. The average Bonchev–Trinajstić information content (AvgIpc) is 3.03. The Bertz CT molecular complexity index is 951. The van der Waals surface area contributed by atoms with Crippen LogP contribution in [0.5, 0.6) is 11.5 Å². The number of carbonyl (C=O) groups excluding carboxylic acids is 4. The van der Waals surface area contributed by atoms with E-state index in [1.54, 1.807) is 18.2 Å². The van der Waals surface area contributed by atoms with Crippen molar-refractivity contribution in [3.8, 4) is 11.5 Å². The first-order chi connectivity index (χ1) is 15.8. The van der Waals surface area contributed by atoms with Crippen LogP contribution < -0.4 is 20.2 Å². The number of ether oxygens (including phenoxy) is 3. The highest BCUT2D eigenvalue weighted by Gasteiger charge is 2.52. The van der Waals surface area contributed by atoms with Gasteiger partial charge in [0.2, 0.25) is 0 Å². The third-order valence-corrected chi connectivity index (χ3v) is 5.78. The molecule has 1 aliphatic heterocycles.